The molecule has 0 saturated carbocycles. The molecule has 3 N–H and O–H groups in total. The van der Waals surface area contributed by atoms with Crippen LogP contribution in [0.4, 0.5) is 4.79 Å². The van der Waals surface area contributed by atoms with Crippen molar-refractivity contribution in [2.24, 2.45) is 5.73 Å². The van der Waals surface area contributed by atoms with Crippen molar-refractivity contribution in [2.75, 3.05) is 0 Å². The lowest BCUT2D eigenvalue weighted by atomic mass is 9.98. The van der Waals surface area contributed by atoms with E-state index in [1.807, 2.05) is 31.2 Å². The van der Waals surface area contributed by atoms with Crippen LogP contribution in [0.2, 0.25) is 0 Å². The molecule has 25 heavy (non-hydrogen) atoms. The molecule has 0 saturated heterocycles. The van der Waals surface area contributed by atoms with Crippen molar-refractivity contribution in [3.63, 3.8) is 0 Å². The summed E-state index contributed by atoms with van der Waals surface area (Å²) in [5, 5.41) is 2.69. The van der Waals surface area contributed by atoms with Crippen LogP contribution in [-0.4, -0.2) is 29.3 Å². The molecule has 140 valence electrons. The number of nitrogens with two attached hydrogens (primary N) is 1. The molecule has 0 aliphatic carbocycles. The minimum atomic E-state index is -1.06. The number of alkyl carbamates (subject to hydrolysis) is 1. The van der Waals surface area contributed by atoms with Gasteiger partial charge in [-0.1, -0.05) is 29.8 Å². The number of nitrogens with one attached hydrogen (secondary N) is 1. The molecule has 0 aromatic heterocycles. The third-order valence-electron chi connectivity index (χ3n) is 3.15. The van der Waals surface area contributed by atoms with E-state index < -0.39 is 35.3 Å². The van der Waals surface area contributed by atoms with Gasteiger partial charge in [-0.3, -0.25) is 4.79 Å². The third kappa shape index (κ3) is 7.56. The predicted octanol–water partition coefficient (Wildman–Crippen LogP) is 3.23. The van der Waals surface area contributed by atoms with Gasteiger partial charge in [-0.25, -0.2) is 4.79 Å². The van der Waals surface area contributed by atoms with Crippen LogP contribution in [0, 0.1) is 6.92 Å². The van der Waals surface area contributed by atoms with E-state index in [1.165, 1.54) is 0 Å². The highest BCUT2D eigenvalue weighted by molar-refractivity contribution is 5.79. The van der Waals surface area contributed by atoms with Crippen LogP contribution < -0.4 is 11.1 Å². The molecule has 1 aromatic rings. The average Bonchev–Trinajstić information content (AvgIpc) is 2.41. The van der Waals surface area contributed by atoms with Crippen LogP contribution in [0.3, 0.4) is 0 Å². The standard InChI is InChI=1S/C19H30N2O4/c1-12-8-10-13(11-9-12)15(21-17(23)25-19(5,6)7)14(20)16(22)24-18(2,3)4/h8-11,14-15H,20H2,1-7H3,(H,21,23)/t14-,15-/m1/s1. The second-order valence-electron chi connectivity index (χ2n) is 8.09. The van der Waals surface area contributed by atoms with Crippen molar-refractivity contribution in [3.8, 4) is 0 Å². The number of hydrogen-bond acceptors (Lipinski definition) is 5. The lowest BCUT2D eigenvalue weighted by Crippen LogP contribution is -2.48. The van der Waals surface area contributed by atoms with Gasteiger partial charge in [0.15, 0.2) is 0 Å². The summed E-state index contributed by atoms with van der Waals surface area (Å²) in [5.74, 6) is -0.589. The van der Waals surface area contributed by atoms with Crippen LogP contribution >= 0.6 is 0 Å². The maximum absolute atomic E-state index is 12.4. The molecule has 0 heterocycles. The Morgan fingerprint density at radius 2 is 1.44 bits per heavy atom. The van der Waals surface area contributed by atoms with E-state index in [0.29, 0.717) is 5.56 Å². The molecule has 1 rings (SSSR count). The van der Waals surface area contributed by atoms with E-state index in [1.54, 1.807) is 41.5 Å². The maximum atomic E-state index is 12.4. The zero-order valence-corrected chi connectivity index (χ0v) is 16.2. The number of ether oxygens (including phenoxy) is 2. The summed E-state index contributed by atoms with van der Waals surface area (Å²) in [7, 11) is 0. The largest absolute Gasteiger partial charge is 0.459 e. The normalized spacial score (nSPS) is 14.4. The monoisotopic (exact) mass is 350 g/mol. The number of rotatable bonds is 4. The van der Waals surface area contributed by atoms with E-state index in [4.69, 9.17) is 15.2 Å². The van der Waals surface area contributed by atoms with E-state index in [2.05, 4.69) is 5.32 Å². The molecule has 6 heteroatoms. The van der Waals surface area contributed by atoms with Gasteiger partial charge in [-0.15, -0.1) is 0 Å². The second-order valence-corrected chi connectivity index (χ2v) is 8.09. The highest BCUT2D eigenvalue weighted by atomic mass is 16.6. The molecule has 1 amide bonds. The zero-order chi connectivity index (χ0) is 19.4. The first-order chi connectivity index (χ1) is 11.3. The highest BCUT2D eigenvalue weighted by Gasteiger charge is 2.32. The molecule has 0 aliphatic rings. The Morgan fingerprint density at radius 3 is 1.88 bits per heavy atom. The number of carbonyl (C=O) groups excluding carboxylic acids is 2. The van der Waals surface area contributed by atoms with Gasteiger partial charge in [0.1, 0.15) is 17.2 Å². The quantitative estimate of drug-likeness (QED) is 0.814. The molecule has 2 atom stereocenters. The van der Waals surface area contributed by atoms with Crippen LogP contribution in [0.1, 0.15) is 58.7 Å². The van der Waals surface area contributed by atoms with E-state index in [9.17, 15) is 9.59 Å². The van der Waals surface area contributed by atoms with Gasteiger partial charge in [0.2, 0.25) is 0 Å². The maximum Gasteiger partial charge on any atom is 0.408 e. The van der Waals surface area contributed by atoms with Gasteiger partial charge in [0, 0.05) is 0 Å². The first kappa shape index (κ1) is 21.0. The number of aryl methyl sites for hydroxylation is 1. The van der Waals surface area contributed by atoms with Gasteiger partial charge < -0.3 is 20.5 Å². The van der Waals surface area contributed by atoms with Crippen molar-refractivity contribution in [1.82, 2.24) is 5.32 Å². The van der Waals surface area contributed by atoms with Gasteiger partial charge in [-0.2, -0.15) is 0 Å². The van der Waals surface area contributed by atoms with Gasteiger partial charge in [-0.05, 0) is 54.0 Å². The summed E-state index contributed by atoms with van der Waals surface area (Å²) in [5.41, 5.74) is 6.55. The summed E-state index contributed by atoms with van der Waals surface area (Å²) < 4.78 is 10.6. The predicted molar refractivity (Wildman–Crippen MR) is 97.1 cm³/mol. The molecule has 1 aromatic carbocycles. The third-order valence-corrected chi connectivity index (χ3v) is 3.15. The smallest absolute Gasteiger partial charge is 0.408 e. The SMILES string of the molecule is Cc1ccc([C@@H](NC(=O)OC(C)(C)C)[C@@H](N)C(=O)OC(C)(C)C)cc1. The van der Waals surface area contributed by atoms with Crippen molar-refractivity contribution < 1.29 is 19.1 Å². The van der Waals surface area contributed by atoms with Crippen molar-refractivity contribution >= 4 is 12.1 Å². The topological polar surface area (TPSA) is 90.6 Å². The molecular weight excluding hydrogens is 320 g/mol. The Labute approximate surface area is 150 Å². The van der Waals surface area contributed by atoms with Crippen LogP contribution in [0.5, 0.6) is 0 Å². The number of benzene rings is 1. The minimum absolute atomic E-state index is 0.589. The number of amides is 1. The summed E-state index contributed by atoms with van der Waals surface area (Å²) in [6.07, 6.45) is -0.642. The molecule has 0 unspecified atom stereocenters. The van der Waals surface area contributed by atoms with Crippen molar-refractivity contribution in [1.29, 1.82) is 0 Å². The Bertz CT molecular complexity index is 597. The Morgan fingerprint density at radius 1 is 0.960 bits per heavy atom. The van der Waals surface area contributed by atoms with Crippen LogP contribution in [0.15, 0.2) is 24.3 Å². The van der Waals surface area contributed by atoms with Crippen molar-refractivity contribution in [3.05, 3.63) is 35.4 Å². The van der Waals surface area contributed by atoms with E-state index >= 15 is 0 Å². The van der Waals surface area contributed by atoms with Crippen LogP contribution in [-0.2, 0) is 14.3 Å². The Kier molecular flexibility index (Phi) is 6.60. The highest BCUT2D eigenvalue weighted by Crippen LogP contribution is 2.20. The molecule has 0 fully saturated rings. The zero-order valence-electron chi connectivity index (χ0n) is 16.2. The molecule has 0 aliphatic heterocycles. The molecule has 6 nitrogen and oxygen atoms in total. The van der Waals surface area contributed by atoms with Crippen molar-refractivity contribution in [2.45, 2.75) is 71.8 Å². The number of carbonyl (C=O) groups is 2. The van der Waals surface area contributed by atoms with E-state index in [-0.39, 0.29) is 0 Å². The summed E-state index contributed by atoms with van der Waals surface area (Å²) in [6.45, 7) is 12.5. The summed E-state index contributed by atoms with van der Waals surface area (Å²) >= 11 is 0. The Balaban J connectivity index is 3.04. The summed E-state index contributed by atoms with van der Waals surface area (Å²) in [4.78, 5) is 24.5. The molecule has 0 bridgehead atoms. The van der Waals surface area contributed by atoms with Gasteiger partial charge in [0.25, 0.3) is 0 Å². The second kappa shape index (κ2) is 7.87. The molecule has 0 radical (unpaired) electrons. The average molecular weight is 350 g/mol. The summed E-state index contributed by atoms with van der Waals surface area (Å²) in [6, 6.07) is 5.60. The minimum Gasteiger partial charge on any atom is -0.459 e. The fourth-order valence-corrected chi connectivity index (χ4v) is 2.09. The lowest BCUT2D eigenvalue weighted by Gasteiger charge is -2.29. The lowest BCUT2D eigenvalue weighted by molar-refractivity contribution is -0.157. The molecule has 0 spiro atoms. The number of hydrogen-bond donors (Lipinski definition) is 2. The first-order valence-electron chi connectivity index (χ1n) is 8.33. The van der Waals surface area contributed by atoms with E-state index in [0.717, 1.165) is 5.56 Å². The fraction of sp³-hybridized carbons (Fsp3) is 0.579. The number of esters is 1. The Hall–Kier alpha value is -2.08. The molecular formula is C19H30N2O4. The van der Waals surface area contributed by atoms with Gasteiger partial charge in [0.05, 0.1) is 6.04 Å². The first-order valence-corrected chi connectivity index (χ1v) is 8.33. The van der Waals surface area contributed by atoms with Crippen LogP contribution in [0.25, 0.3) is 0 Å². The van der Waals surface area contributed by atoms with Gasteiger partial charge >= 0.3 is 12.1 Å². The fourth-order valence-electron chi connectivity index (χ4n) is 2.09.